The summed E-state index contributed by atoms with van der Waals surface area (Å²) in [5, 5.41) is 65.3. The van der Waals surface area contributed by atoms with Crippen molar-refractivity contribution in [3.05, 3.63) is 70.8 Å². The molecule has 0 spiro atoms. The van der Waals surface area contributed by atoms with E-state index >= 15 is 0 Å². The summed E-state index contributed by atoms with van der Waals surface area (Å²) < 4.78 is 0. The molecule has 105 heavy (non-hydrogen) atoms. The Morgan fingerprint density at radius 2 is 1.13 bits per heavy atom. The molecular weight excluding hydrogens is 1420 g/mol. The van der Waals surface area contributed by atoms with E-state index in [2.05, 4.69) is 31.9 Å². The van der Waals surface area contributed by atoms with Gasteiger partial charge in [0.1, 0.15) is 54.6 Å². The predicted molar refractivity (Wildman–Crippen MR) is 392 cm³/mol. The molecule has 3 saturated heterocycles. The highest BCUT2D eigenvalue weighted by Gasteiger charge is 2.45. The molecule has 580 valence electrons. The third kappa shape index (κ3) is 30.5. The molecule has 0 saturated carbocycles. The number of Topliss-reactive ketones (excluding diaryl/α,β-unsaturated/α-hetero) is 1. The Morgan fingerprint density at radius 3 is 1.69 bits per heavy atom. The predicted octanol–water partition coefficient (Wildman–Crippen LogP) is -0.699. The summed E-state index contributed by atoms with van der Waals surface area (Å²) in [6.07, 6.45) is 1.57. The average molecular weight is 1530 g/mol. The van der Waals surface area contributed by atoms with Gasteiger partial charge < -0.3 is 73.0 Å². The molecule has 4 aliphatic heterocycles. The number of aliphatic carboxylic acids is 4. The van der Waals surface area contributed by atoms with Crippen molar-refractivity contribution in [2.75, 3.05) is 115 Å². The Hall–Kier alpha value is -7.93. The highest BCUT2D eigenvalue weighted by Crippen LogP contribution is 2.29. The van der Waals surface area contributed by atoms with Gasteiger partial charge in [-0.1, -0.05) is 68.3 Å². The number of carboxylic acids is 4. The fraction of sp³-hybridized carbons (Fsp3) is 0.629. The van der Waals surface area contributed by atoms with Gasteiger partial charge in [-0.3, -0.25) is 86.7 Å². The van der Waals surface area contributed by atoms with E-state index in [1.807, 2.05) is 30.0 Å². The minimum atomic E-state index is -1.74. The van der Waals surface area contributed by atoms with Crippen LogP contribution in [0.3, 0.4) is 0 Å². The zero-order chi connectivity index (χ0) is 76.5. The van der Waals surface area contributed by atoms with Crippen LogP contribution >= 0.6 is 35.3 Å². The number of ketones is 1. The zero-order valence-electron chi connectivity index (χ0n) is 59.7. The number of carboxylic acid groups (broad SMARTS) is 4. The lowest BCUT2D eigenvalue weighted by Crippen LogP contribution is -2.61. The van der Waals surface area contributed by atoms with Crippen LogP contribution in [0.4, 0.5) is 0 Å². The molecule has 3 fully saturated rings. The molecule has 4 aliphatic rings. The highest BCUT2D eigenvalue weighted by molar-refractivity contribution is 7.99. The third-order valence-corrected chi connectivity index (χ3v) is 21.6. The van der Waals surface area contributed by atoms with Crippen LogP contribution in [-0.4, -0.2) is 302 Å². The number of rotatable bonds is 28. The number of carbonyl (C=O) groups excluding carboxylic acids is 10. The molecule has 0 radical (unpaired) electrons. The number of hydrogen-bond acceptors (Lipinski definition) is 22. The Kier molecular flexibility index (Phi) is 36.8. The number of amides is 9. The monoisotopic (exact) mass is 1530 g/mol. The van der Waals surface area contributed by atoms with Gasteiger partial charge in [-0.25, -0.2) is 0 Å². The molecule has 9 amide bonds. The van der Waals surface area contributed by atoms with Crippen molar-refractivity contribution in [1.29, 1.82) is 0 Å². The second-order valence-corrected chi connectivity index (χ2v) is 30.0. The van der Waals surface area contributed by atoms with E-state index in [-0.39, 0.29) is 153 Å². The SMILES string of the molecule is CCCCCC(=O)N[C@H]1CSCc2cc(CSCCCC(=O)CN3CCN(CC(=O)O)CCN(CC(=O)O)CCN(CC(=O)O)CC3)cc(c2)CSC[C@@H](C(=O)NCC(=O)O)NC(=O)[C@H](Cc2ccccc2)NC(=O)[C@H](CCC(N)=O)NC(=O)[C@H]([C@@H](C)O)NC(=O)[C@@H]2CCCN2C(=O)[C@@H]2CCCN2C1=O. The second-order valence-electron chi connectivity index (χ2n) is 26.8. The van der Waals surface area contributed by atoms with Crippen LogP contribution < -0.4 is 37.6 Å². The summed E-state index contributed by atoms with van der Waals surface area (Å²) in [4.78, 5) is 198. The van der Waals surface area contributed by atoms with Crippen LogP contribution in [0.15, 0.2) is 48.5 Å². The molecule has 35 heteroatoms. The Morgan fingerprint density at radius 1 is 0.590 bits per heavy atom. The van der Waals surface area contributed by atoms with Crippen molar-refractivity contribution >= 4 is 118 Å². The van der Waals surface area contributed by atoms with Crippen LogP contribution in [0, 0.1) is 0 Å². The molecule has 0 aromatic heterocycles. The van der Waals surface area contributed by atoms with Gasteiger partial charge in [0.05, 0.1) is 32.3 Å². The van der Waals surface area contributed by atoms with E-state index in [9.17, 15) is 92.7 Å². The number of carbonyl (C=O) groups is 14. The summed E-state index contributed by atoms with van der Waals surface area (Å²) in [5.41, 5.74) is 8.51. The topological polar surface area (TPSA) is 458 Å². The van der Waals surface area contributed by atoms with E-state index in [1.165, 1.54) is 40.2 Å². The fourth-order valence-electron chi connectivity index (χ4n) is 12.9. The molecule has 2 aromatic rings. The number of unbranched alkanes of at least 4 members (excludes halogenated alkanes) is 2. The first-order chi connectivity index (χ1) is 50.2. The fourth-order valence-corrected chi connectivity index (χ4v) is 15.7. The molecule has 0 aliphatic carbocycles. The quantitative estimate of drug-likeness (QED) is 0.0469. The first-order valence-corrected chi connectivity index (χ1v) is 39.2. The average Bonchev–Trinajstić information content (AvgIpc) is 1.68. The number of hydrogen-bond donors (Lipinski definition) is 12. The number of primary amides is 1. The van der Waals surface area contributed by atoms with Crippen molar-refractivity contribution in [2.24, 2.45) is 5.73 Å². The van der Waals surface area contributed by atoms with Gasteiger partial charge in [0.2, 0.25) is 53.2 Å². The minimum absolute atomic E-state index is 0.0212. The maximum Gasteiger partial charge on any atom is 0.322 e. The van der Waals surface area contributed by atoms with Crippen molar-refractivity contribution in [3.8, 4) is 0 Å². The van der Waals surface area contributed by atoms with Crippen LogP contribution in [0.25, 0.3) is 0 Å². The number of aliphatic hydroxyl groups excluding tert-OH is 1. The first kappa shape index (κ1) is 86.0. The number of nitrogens with two attached hydrogens (primary N) is 1. The van der Waals surface area contributed by atoms with E-state index in [0.29, 0.717) is 48.5 Å². The van der Waals surface area contributed by atoms with Crippen LogP contribution in [0.1, 0.15) is 113 Å². The van der Waals surface area contributed by atoms with Crippen LogP contribution in [-0.2, 0) is 90.8 Å². The largest absolute Gasteiger partial charge is 0.480 e. The lowest BCUT2D eigenvalue weighted by molar-refractivity contribution is -0.148. The molecule has 8 atom stereocenters. The zero-order valence-corrected chi connectivity index (χ0v) is 62.2. The number of nitrogens with one attached hydrogen (secondary N) is 6. The standard InChI is InChI=1S/C70H103N13O19S3/c1-3-4-6-17-58(87)73-54-44-105-42-49-32-47(40-103-30-11-14-50(85)36-78-22-24-79(37-60(90)91)26-28-81(39-62(94)95)29-27-80(25-23-78)38-61(92)93)31-48(33-49)41-104-43-53(64(96)72-35-59(88)89)76-66(98)52(34-46-12-7-5-8-13-46)75-65(97)51(18-19-57(71)86)74-68(100)63(45(2)84)77-67(99)55-15-9-20-82(55)70(102)56-16-10-21-83(56)69(54)101/h5,7-8,12-13,31-33,45,51-56,63,84H,3-4,6,9-11,14-30,34-44H2,1-2H3,(H2,71,86)(H,72,96)(H,73,87)(H,74,100)(H,75,97)(H,76,98)(H,77,99)(H,88,89)(H,90,91)(H,92,93)(H,94,95)/t45-,51+,52+,53+,54+,55+,56+,63+/m1/s1. The van der Waals surface area contributed by atoms with Gasteiger partial charge in [-0.2, -0.15) is 35.3 Å². The number of aliphatic hydroxyl groups is 1. The van der Waals surface area contributed by atoms with Gasteiger partial charge in [-0.15, -0.1) is 0 Å². The lowest BCUT2D eigenvalue weighted by atomic mass is 10.0. The molecule has 13 N–H and O–H groups in total. The smallest absolute Gasteiger partial charge is 0.322 e. The summed E-state index contributed by atoms with van der Waals surface area (Å²) in [7, 11) is 0. The maximum absolute atomic E-state index is 14.9. The third-order valence-electron chi connectivity index (χ3n) is 18.3. The molecule has 2 bridgehead atoms. The lowest BCUT2D eigenvalue weighted by Gasteiger charge is -2.33. The summed E-state index contributed by atoms with van der Waals surface area (Å²) in [5.74, 6) is -10.1. The Bertz CT molecular complexity index is 3290. The number of fused-ring (bicyclic) bond motifs is 4. The maximum atomic E-state index is 14.9. The number of thioether (sulfide) groups is 3. The highest BCUT2D eigenvalue weighted by atomic mass is 32.2. The second kappa shape index (κ2) is 44.9. The molecule has 32 nitrogen and oxygen atoms in total. The van der Waals surface area contributed by atoms with E-state index in [4.69, 9.17) is 5.73 Å². The molecule has 4 heterocycles. The normalized spacial score (nSPS) is 22.9. The van der Waals surface area contributed by atoms with Crippen molar-refractivity contribution in [3.63, 3.8) is 0 Å². The Labute approximate surface area is 623 Å². The summed E-state index contributed by atoms with van der Waals surface area (Å²) in [6.45, 7) is 3.79. The number of nitrogens with zero attached hydrogens (tertiary/aromatic N) is 6. The Balaban J connectivity index is 1.30. The molecule has 0 unspecified atom stereocenters. The van der Waals surface area contributed by atoms with Crippen molar-refractivity contribution < 1.29 is 92.7 Å². The number of benzene rings is 2. The molecule has 6 rings (SSSR count). The van der Waals surface area contributed by atoms with E-state index in [1.54, 1.807) is 56.8 Å². The van der Waals surface area contributed by atoms with E-state index in [0.717, 1.165) is 29.5 Å². The summed E-state index contributed by atoms with van der Waals surface area (Å²) in [6, 6.07) is 4.82. The van der Waals surface area contributed by atoms with Gasteiger partial charge in [0, 0.05) is 120 Å². The van der Waals surface area contributed by atoms with Crippen LogP contribution in [0.5, 0.6) is 0 Å². The van der Waals surface area contributed by atoms with Gasteiger partial charge in [-0.05, 0) is 79.9 Å². The summed E-state index contributed by atoms with van der Waals surface area (Å²) >= 11 is 4.15. The molecule has 2 aromatic carbocycles. The molecular formula is C70H103N13O19S3. The van der Waals surface area contributed by atoms with Crippen LogP contribution in [0.2, 0.25) is 0 Å². The van der Waals surface area contributed by atoms with Gasteiger partial charge in [0.25, 0.3) is 0 Å². The van der Waals surface area contributed by atoms with Gasteiger partial charge in [0.15, 0.2) is 0 Å². The van der Waals surface area contributed by atoms with Crippen molar-refractivity contribution in [2.45, 2.75) is 163 Å². The first-order valence-electron chi connectivity index (χ1n) is 35.7. The minimum Gasteiger partial charge on any atom is -0.480 e. The van der Waals surface area contributed by atoms with Crippen molar-refractivity contribution in [1.82, 2.24) is 61.3 Å². The van der Waals surface area contributed by atoms with E-state index < -0.39 is 139 Å². The van der Waals surface area contributed by atoms with Gasteiger partial charge >= 0.3 is 23.9 Å².